The SMILES string of the molecule is CC(C)(C)OC(=O)Nc1cccc(C(=O)N2CCC(CCCCNC(=O)/C=C/c3ccc[n+](Cc4ccc(O[C@@H]5O[C@H](C(=O)O)[C@@H](O)[C@H](O)[C@H]5O)c(NC(=O)CCN)c4)c3)CC2)c1.O=C([O-])C(F)(F)F. The molecule has 4 amide bonds. The number of carboxylic acids is 2. The zero-order chi connectivity index (χ0) is 51.8. The molecule has 382 valence electrons. The number of carbonyl (C=O) groups excluding carboxylic acids is 5. The molecule has 70 heavy (non-hydrogen) atoms. The van der Waals surface area contributed by atoms with Crippen molar-refractivity contribution in [2.75, 3.05) is 36.8 Å². The van der Waals surface area contributed by atoms with Crippen LogP contribution in [0.1, 0.15) is 80.8 Å². The Morgan fingerprint density at radius 1 is 0.943 bits per heavy atom. The number of pyridine rings is 1. The molecule has 2 aliphatic rings. The van der Waals surface area contributed by atoms with E-state index in [0.29, 0.717) is 48.9 Å². The van der Waals surface area contributed by atoms with E-state index in [0.717, 1.165) is 37.7 Å². The molecule has 2 saturated heterocycles. The molecule has 0 aliphatic carbocycles. The van der Waals surface area contributed by atoms with Gasteiger partial charge >= 0.3 is 18.2 Å². The van der Waals surface area contributed by atoms with Gasteiger partial charge in [0.15, 0.2) is 25.0 Å². The van der Waals surface area contributed by atoms with Gasteiger partial charge in [0, 0.05) is 67.1 Å². The summed E-state index contributed by atoms with van der Waals surface area (Å²) in [7, 11) is 0. The summed E-state index contributed by atoms with van der Waals surface area (Å²) in [6.07, 6.45) is -3.47. The van der Waals surface area contributed by atoms with Gasteiger partial charge in [-0.15, -0.1) is 0 Å². The first-order valence-corrected chi connectivity index (χ1v) is 22.3. The average molecular weight is 989 g/mol. The van der Waals surface area contributed by atoms with Gasteiger partial charge in [0.2, 0.25) is 18.1 Å². The highest BCUT2D eigenvalue weighted by Gasteiger charge is 2.48. The molecular weight excluding hydrogens is 930 g/mol. The number of carboxylic acid groups (broad SMARTS) is 2. The van der Waals surface area contributed by atoms with Crippen LogP contribution >= 0.6 is 0 Å². The lowest BCUT2D eigenvalue weighted by molar-refractivity contribution is -0.688. The highest BCUT2D eigenvalue weighted by Crippen LogP contribution is 2.31. The number of carbonyl (C=O) groups is 6. The van der Waals surface area contributed by atoms with Gasteiger partial charge in [-0.05, 0) is 94.5 Å². The lowest BCUT2D eigenvalue weighted by Gasteiger charge is -2.38. The van der Waals surface area contributed by atoms with Crippen LogP contribution in [0.2, 0.25) is 0 Å². The van der Waals surface area contributed by atoms with E-state index in [1.54, 1.807) is 63.2 Å². The number of aromatic nitrogens is 1. The van der Waals surface area contributed by atoms with Crippen molar-refractivity contribution in [1.82, 2.24) is 10.2 Å². The molecule has 9 N–H and O–H groups in total. The number of anilines is 2. The molecule has 3 heterocycles. The van der Waals surface area contributed by atoms with Crippen LogP contribution in [0.4, 0.5) is 29.3 Å². The molecule has 1 aromatic heterocycles. The summed E-state index contributed by atoms with van der Waals surface area (Å²) in [5.41, 5.74) is 7.58. The van der Waals surface area contributed by atoms with Crippen molar-refractivity contribution in [3.63, 3.8) is 0 Å². The molecule has 0 saturated carbocycles. The number of nitrogens with two attached hydrogens (primary N) is 1. The first kappa shape index (κ1) is 55.9. The van der Waals surface area contributed by atoms with Gasteiger partial charge in [-0.1, -0.05) is 18.9 Å². The van der Waals surface area contributed by atoms with Crippen molar-refractivity contribution < 1.29 is 86.2 Å². The molecule has 0 bridgehead atoms. The van der Waals surface area contributed by atoms with Gasteiger partial charge in [0.25, 0.3) is 5.91 Å². The van der Waals surface area contributed by atoms with Crippen LogP contribution in [0.5, 0.6) is 5.75 Å². The zero-order valence-corrected chi connectivity index (χ0v) is 38.7. The van der Waals surface area contributed by atoms with Crippen LogP contribution in [0, 0.1) is 5.92 Å². The molecule has 0 radical (unpaired) electrons. The second-order valence-corrected chi connectivity index (χ2v) is 17.4. The fourth-order valence-electron chi connectivity index (χ4n) is 7.20. The number of nitrogens with zero attached hydrogens (tertiary/aromatic N) is 2. The molecule has 5 atom stereocenters. The summed E-state index contributed by atoms with van der Waals surface area (Å²) < 4.78 is 49.7. The topological polar surface area (TPSA) is 303 Å². The summed E-state index contributed by atoms with van der Waals surface area (Å²) in [6, 6.07) is 15.3. The van der Waals surface area contributed by atoms with E-state index in [1.807, 2.05) is 34.0 Å². The number of likely N-dealkylation sites (tertiary alicyclic amines) is 1. The third-order valence-corrected chi connectivity index (χ3v) is 10.6. The lowest BCUT2D eigenvalue weighted by atomic mass is 9.91. The Balaban J connectivity index is 0.00000141. The second-order valence-electron chi connectivity index (χ2n) is 17.4. The summed E-state index contributed by atoms with van der Waals surface area (Å²) in [6.45, 7) is 7.60. The van der Waals surface area contributed by atoms with E-state index in [2.05, 4.69) is 16.0 Å². The molecule has 5 rings (SSSR count). The third-order valence-electron chi connectivity index (χ3n) is 10.6. The minimum absolute atomic E-state index is 0.00304. The van der Waals surface area contributed by atoms with Crippen molar-refractivity contribution in [3.05, 3.63) is 89.8 Å². The lowest BCUT2D eigenvalue weighted by Crippen LogP contribution is -2.61. The van der Waals surface area contributed by atoms with E-state index >= 15 is 0 Å². The number of hydrogen-bond acceptors (Lipinski definition) is 14. The Kier molecular flexibility index (Phi) is 20.6. The number of rotatable bonds is 17. The number of alkyl halides is 3. The molecular formula is C47H59F3N6O14. The van der Waals surface area contributed by atoms with Crippen LogP contribution in [-0.4, -0.2) is 130 Å². The molecule has 23 heteroatoms. The van der Waals surface area contributed by atoms with Crippen molar-refractivity contribution >= 4 is 53.2 Å². The first-order chi connectivity index (χ1) is 32.9. The monoisotopic (exact) mass is 988 g/mol. The summed E-state index contributed by atoms with van der Waals surface area (Å²) >= 11 is 0. The number of halogens is 3. The normalized spacial score (nSPS) is 19.6. The van der Waals surface area contributed by atoms with Crippen LogP contribution < -0.4 is 36.1 Å². The van der Waals surface area contributed by atoms with E-state index in [9.17, 15) is 57.6 Å². The molecule has 2 aliphatic heterocycles. The van der Waals surface area contributed by atoms with Crippen molar-refractivity contribution in [2.45, 2.75) is 108 Å². The van der Waals surface area contributed by atoms with Crippen LogP contribution in [0.25, 0.3) is 6.08 Å². The van der Waals surface area contributed by atoms with Crippen LogP contribution in [0.15, 0.2) is 73.1 Å². The molecule has 3 aromatic rings. The summed E-state index contributed by atoms with van der Waals surface area (Å²) in [5, 5.41) is 57.2. The molecule has 0 unspecified atom stereocenters. The Labute approximate surface area is 401 Å². The predicted molar refractivity (Wildman–Crippen MR) is 241 cm³/mol. The molecule has 20 nitrogen and oxygen atoms in total. The number of unbranched alkanes of at least 4 members (excludes halogenated alkanes) is 1. The van der Waals surface area contributed by atoms with Crippen LogP contribution in [-0.2, 0) is 35.2 Å². The van der Waals surface area contributed by atoms with E-state index in [-0.39, 0.29) is 36.2 Å². The smallest absolute Gasteiger partial charge is 0.430 e. The largest absolute Gasteiger partial charge is 0.542 e. The number of aliphatic carboxylic acids is 2. The van der Waals surface area contributed by atoms with Gasteiger partial charge in [0.1, 0.15) is 35.6 Å². The number of benzene rings is 2. The van der Waals surface area contributed by atoms with Gasteiger partial charge in [-0.2, -0.15) is 13.2 Å². The first-order valence-electron chi connectivity index (χ1n) is 22.3. The summed E-state index contributed by atoms with van der Waals surface area (Å²) in [4.78, 5) is 72.8. The quantitative estimate of drug-likeness (QED) is 0.0546. The number of aliphatic hydroxyl groups excluding tert-OH is 3. The Morgan fingerprint density at radius 3 is 2.29 bits per heavy atom. The van der Waals surface area contributed by atoms with Crippen molar-refractivity contribution in [3.8, 4) is 5.75 Å². The molecule has 2 fully saturated rings. The standard InChI is InChI=1S/C45H58N6O12.C2HF3O2/c1-45(2,3)63-44(60)48-32-11-6-10-31(25-32)41(57)51-22-17-28(18-23-51)8-4-5-20-47-35(52)15-13-29-9-7-21-50(26-29)27-30-12-14-34(33(24-30)49-36(53)16-19-46)61-43-39(56)37(54)38(55)40(62-43)42(58)59;3-2(4,5)1(6)7/h6-7,9-15,21,24-26,28,37-40,43,54-56H,4-5,8,16-20,22-23,27,46H2,1-3H3,(H3-,47,48,49,52,53,58,59,60);(H,6,7)/b15-13+;/t37-,38-,39+,40-,43+;/m0./s1. The Morgan fingerprint density at radius 2 is 1.64 bits per heavy atom. The fourth-order valence-corrected chi connectivity index (χ4v) is 7.20. The van der Waals surface area contributed by atoms with Crippen LogP contribution in [0.3, 0.4) is 0 Å². The number of amides is 4. The van der Waals surface area contributed by atoms with E-state index < -0.39 is 66.4 Å². The Bertz CT molecular complexity index is 2320. The van der Waals surface area contributed by atoms with Gasteiger partial charge in [-0.25, -0.2) is 14.2 Å². The number of nitrogens with one attached hydrogen (secondary N) is 3. The summed E-state index contributed by atoms with van der Waals surface area (Å²) in [5.74, 6) is -4.78. The maximum atomic E-state index is 13.2. The Hall–Kier alpha value is -6.66. The molecule has 0 spiro atoms. The van der Waals surface area contributed by atoms with E-state index in [4.69, 9.17) is 29.8 Å². The minimum atomic E-state index is -5.19. The average Bonchev–Trinajstić information content (AvgIpc) is 3.28. The highest BCUT2D eigenvalue weighted by atomic mass is 19.4. The number of aliphatic hydroxyl groups is 3. The number of ether oxygens (including phenoxy) is 3. The van der Waals surface area contributed by atoms with E-state index in [1.165, 1.54) is 12.1 Å². The fraction of sp³-hybridized carbons (Fsp3) is 0.468. The van der Waals surface area contributed by atoms with Gasteiger partial charge in [-0.3, -0.25) is 19.7 Å². The van der Waals surface area contributed by atoms with Crippen molar-refractivity contribution in [2.24, 2.45) is 11.7 Å². The maximum absolute atomic E-state index is 13.2. The second kappa shape index (κ2) is 25.8. The maximum Gasteiger partial charge on any atom is 0.430 e. The highest BCUT2D eigenvalue weighted by molar-refractivity contribution is 5.96. The number of hydrogen-bond donors (Lipinski definition) is 8. The minimum Gasteiger partial charge on any atom is -0.542 e. The van der Waals surface area contributed by atoms with Crippen molar-refractivity contribution in [1.29, 1.82) is 0 Å². The number of piperidine rings is 1. The molecule has 2 aromatic carbocycles. The van der Waals surface area contributed by atoms with Gasteiger partial charge in [0.05, 0.1) is 5.69 Å². The third kappa shape index (κ3) is 18.0. The zero-order valence-electron chi connectivity index (χ0n) is 38.7. The predicted octanol–water partition coefficient (Wildman–Crippen LogP) is 2.08. The van der Waals surface area contributed by atoms with Gasteiger partial charge < -0.3 is 65.8 Å².